The Morgan fingerprint density at radius 1 is 1.18 bits per heavy atom. The summed E-state index contributed by atoms with van der Waals surface area (Å²) in [7, 11) is 0. The molecular formula is C16H16N2O2S2. The first-order valence-corrected chi connectivity index (χ1v) is 9.12. The van der Waals surface area contributed by atoms with Crippen molar-refractivity contribution in [2.45, 2.75) is 11.0 Å². The SMILES string of the molecule is O=C(Nc1ncccc1O)c1ccc(C2SCCCS2)cc1. The molecule has 0 aliphatic carbocycles. The van der Waals surface area contributed by atoms with Crippen LogP contribution in [0.2, 0.25) is 0 Å². The van der Waals surface area contributed by atoms with E-state index in [1.807, 2.05) is 47.8 Å². The third-order valence-corrected chi connectivity index (χ3v) is 6.31. The molecule has 1 aliphatic heterocycles. The molecule has 0 atom stereocenters. The smallest absolute Gasteiger partial charge is 0.256 e. The lowest BCUT2D eigenvalue weighted by atomic mass is 10.1. The fourth-order valence-corrected chi connectivity index (χ4v) is 5.04. The van der Waals surface area contributed by atoms with Crippen molar-refractivity contribution in [3.63, 3.8) is 0 Å². The molecule has 0 unspecified atom stereocenters. The van der Waals surface area contributed by atoms with E-state index >= 15 is 0 Å². The maximum Gasteiger partial charge on any atom is 0.256 e. The minimum Gasteiger partial charge on any atom is -0.504 e. The summed E-state index contributed by atoms with van der Waals surface area (Å²) >= 11 is 3.91. The summed E-state index contributed by atoms with van der Waals surface area (Å²) in [6.07, 6.45) is 2.79. The third kappa shape index (κ3) is 3.56. The van der Waals surface area contributed by atoms with Crippen LogP contribution >= 0.6 is 23.5 Å². The van der Waals surface area contributed by atoms with E-state index in [9.17, 15) is 9.90 Å². The van der Waals surface area contributed by atoms with E-state index in [1.165, 1.54) is 35.8 Å². The molecule has 4 nitrogen and oxygen atoms in total. The number of rotatable bonds is 3. The number of benzene rings is 1. The number of amides is 1. The fourth-order valence-electron chi connectivity index (χ4n) is 2.14. The van der Waals surface area contributed by atoms with Crippen LogP contribution in [0.5, 0.6) is 5.75 Å². The quantitative estimate of drug-likeness (QED) is 0.892. The largest absolute Gasteiger partial charge is 0.504 e. The molecule has 0 spiro atoms. The van der Waals surface area contributed by atoms with Crippen LogP contribution in [0.25, 0.3) is 0 Å². The Morgan fingerprint density at radius 2 is 1.91 bits per heavy atom. The van der Waals surface area contributed by atoms with Gasteiger partial charge in [0.2, 0.25) is 0 Å². The lowest BCUT2D eigenvalue weighted by molar-refractivity contribution is 0.102. The molecule has 0 radical (unpaired) electrons. The van der Waals surface area contributed by atoms with Crippen molar-refractivity contribution in [2.24, 2.45) is 0 Å². The molecule has 2 heterocycles. The Kier molecular flexibility index (Phi) is 4.90. The van der Waals surface area contributed by atoms with E-state index < -0.39 is 0 Å². The van der Waals surface area contributed by atoms with E-state index in [0.29, 0.717) is 10.1 Å². The number of aromatic hydroxyl groups is 1. The average Bonchev–Trinajstić information content (AvgIpc) is 2.58. The summed E-state index contributed by atoms with van der Waals surface area (Å²) in [5.41, 5.74) is 1.80. The van der Waals surface area contributed by atoms with Crippen LogP contribution < -0.4 is 5.32 Å². The highest BCUT2D eigenvalue weighted by Gasteiger charge is 2.17. The van der Waals surface area contributed by atoms with Crippen molar-refractivity contribution >= 4 is 35.2 Å². The zero-order valence-corrected chi connectivity index (χ0v) is 13.5. The van der Waals surface area contributed by atoms with Crippen LogP contribution in [0, 0.1) is 0 Å². The lowest BCUT2D eigenvalue weighted by Gasteiger charge is -2.21. The van der Waals surface area contributed by atoms with E-state index in [4.69, 9.17) is 0 Å². The molecule has 22 heavy (non-hydrogen) atoms. The maximum atomic E-state index is 12.2. The summed E-state index contributed by atoms with van der Waals surface area (Å²) in [4.78, 5) is 16.1. The number of hydrogen-bond acceptors (Lipinski definition) is 5. The molecule has 1 aliphatic rings. The highest BCUT2D eigenvalue weighted by atomic mass is 32.2. The van der Waals surface area contributed by atoms with Gasteiger partial charge in [0.25, 0.3) is 5.91 Å². The molecule has 0 saturated carbocycles. The number of thioether (sulfide) groups is 2. The van der Waals surface area contributed by atoms with Gasteiger partial charge in [0.05, 0.1) is 4.58 Å². The summed E-state index contributed by atoms with van der Waals surface area (Å²) in [5.74, 6) is 2.25. The molecule has 1 amide bonds. The number of anilines is 1. The summed E-state index contributed by atoms with van der Waals surface area (Å²) in [5, 5.41) is 12.3. The van der Waals surface area contributed by atoms with Crippen LogP contribution in [0.3, 0.4) is 0 Å². The van der Waals surface area contributed by atoms with Gasteiger partial charge in [-0.3, -0.25) is 4.79 Å². The summed E-state index contributed by atoms with van der Waals surface area (Å²) in [6.45, 7) is 0. The normalized spacial score (nSPS) is 15.5. The van der Waals surface area contributed by atoms with Crippen molar-refractivity contribution in [2.75, 3.05) is 16.8 Å². The number of nitrogens with one attached hydrogen (secondary N) is 1. The number of hydrogen-bond donors (Lipinski definition) is 2. The third-order valence-electron chi connectivity index (χ3n) is 3.29. The van der Waals surface area contributed by atoms with Crippen molar-refractivity contribution in [1.29, 1.82) is 0 Å². The van der Waals surface area contributed by atoms with Crippen molar-refractivity contribution in [3.05, 3.63) is 53.7 Å². The molecule has 1 aromatic heterocycles. The van der Waals surface area contributed by atoms with Crippen molar-refractivity contribution in [1.82, 2.24) is 4.98 Å². The fraction of sp³-hybridized carbons (Fsp3) is 0.250. The molecule has 0 bridgehead atoms. The zero-order chi connectivity index (χ0) is 15.4. The van der Waals surface area contributed by atoms with Gasteiger partial charge < -0.3 is 10.4 Å². The van der Waals surface area contributed by atoms with Gasteiger partial charge in [0, 0.05) is 11.8 Å². The van der Waals surface area contributed by atoms with Gasteiger partial charge in [-0.2, -0.15) is 0 Å². The Labute approximate surface area is 137 Å². The van der Waals surface area contributed by atoms with E-state index in [0.717, 1.165) is 0 Å². The van der Waals surface area contributed by atoms with Gasteiger partial charge in [0.1, 0.15) is 0 Å². The minimum atomic E-state index is -0.274. The highest BCUT2D eigenvalue weighted by molar-refractivity contribution is 8.16. The van der Waals surface area contributed by atoms with Gasteiger partial charge in [-0.1, -0.05) is 12.1 Å². The number of aromatic nitrogens is 1. The summed E-state index contributed by atoms with van der Waals surface area (Å²) < 4.78 is 0.464. The Hall–Kier alpha value is -1.66. The molecule has 3 rings (SSSR count). The standard InChI is InChI=1S/C16H16N2O2S2/c19-13-3-1-8-17-14(13)18-15(20)11-4-6-12(7-5-11)16-21-9-2-10-22-16/h1,3-8,16,19H,2,9-10H2,(H,17,18,20). The Balaban J connectivity index is 1.69. The van der Waals surface area contributed by atoms with Gasteiger partial charge in [-0.25, -0.2) is 4.98 Å². The second-order valence-electron chi connectivity index (χ2n) is 4.87. The highest BCUT2D eigenvalue weighted by Crippen LogP contribution is 2.43. The second kappa shape index (κ2) is 7.07. The molecule has 114 valence electrons. The molecule has 1 aromatic carbocycles. The van der Waals surface area contributed by atoms with Crippen LogP contribution in [-0.4, -0.2) is 27.5 Å². The van der Waals surface area contributed by atoms with Crippen molar-refractivity contribution < 1.29 is 9.90 Å². The van der Waals surface area contributed by atoms with Crippen LogP contribution in [-0.2, 0) is 0 Å². The monoisotopic (exact) mass is 332 g/mol. The van der Waals surface area contributed by atoms with Crippen LogP contribution in [0.1, 0.15) is 26.9 Å². The first-order chi connectivity index (χ1) is 10.7. The zero-order valence-electron chi connectivity index (χ0n) is 11.9. The minimum absolute atomic E-state index is 0.0394. The second-order valence-corrected chi connectivity index (χ2v) is 7.60. The predicted octanol–water partition coefficient (Wildman–Crippen LogP) is 3.91. The molecule has 1 saturated heterocycles. The molecule has 2 aromatic rings. The number of carbonyl (C=O) groups excluding carboxylic acids is 1. The van der Waals surface area contributed by atoms with E-state index in [-0.39, 0.29) is 17.5 Å². The molecule has 6 heteroatoms. The number of pyridine rings is 1. The van der Waals surface area contributed by atoms with Gasteiger partial charge >= 0.3 is 0 Å². The van der Waals surface area contributed by atoms with Gasteiger partial charge in [-0.15, -0.1) is 23.5 Å². The number of carbonyl (C=O) groups is 1. The van der Waals surface area contributed by atoms with Crippen molar-refractivity contribution in [3.8, 4) is 5.75 Å². The average molecular weight is 332 g/mol. The van der Waals surface area contributed by atoms with E-state index in [2.05, 4.69) is 10.3 Å². The predicted molar refractivity (Wildman–Crippen MR) is 92.6 cm³/mol. The van der Waals surface area contributed by atoms with E-state index in [1.54, 1.807) is 6.07 Å². The molecule has 1 fully saturated rings. The topological polar surface area (TPSA) is 62.2 Å². The van der Waals surface area contributed by atoms with Crippen LogP contribution in [0.15, 0.2) is 42.6 Å². The molecule has 2 N–H and O–H groups in total. The first kappa shape index (κ1) is 15.2. The maximum absolute atomic E-state index is 12.2. The first-order valence-electron chi connectivity index (χ1n) is 7.02. The Bertz CT molecular complexity index is 655. The lowest BCUT2D eigenvalue weighted by Crippen LogP contribution is -2.13. The Morgan fingerprint density at radius 3 is 2.59 bits per heavy atom. The molecular weight excluding hydrogens is 316 g/mol. The van der Waals surface area contributed by atoms with Gasteiger partial charge in [0.15, 0.2) is 11.6 Å². The summed E-state index contributed by atoms with van der Waals surface area (Å²) in [6, 6.07) is 10.7. The van der Waals surface area contributed by atoms with Gasteiger partial charge in [-0.05, 0) is 47.8 Å². The number of nitrogens with zero attached hydrogens (tertiary/aromatic N) is 1. The van der Waals surface area contributed by atoms with Crippen LogP contribution in [0.4, 0.5) is 5.82 Å².